The molecule has 0 spiro atoms. The molecule has 1 amide bonds. The van der Waals surface area contributed by atoms with Crippen LogP contribution in [-0.2, 0) is 6.54 Å². The molecule has 86 valence electrons. The fourth-order valence-corrected chi connectivity index (χ4v) is 1.44. The van der Waals surface area contributed by atoms with E-state index in [9.17, 15) is 4.79 Å². The Labute approximate surface area is 98.9 Å². The van der Waals surface area contributed by atoms with E-state index in [2.05, 4.69) is 20.5 Å². The zero-order valence-electron chi connectivity index (χ0n) is 9.42. The van der Waals surface area contributed by atoms with Crippen molar-refractivity contribution in [2.75, 3.05) is 0 Å². The lowest BCUT2D eigenvalue weighted by atomic mass is 10.1. The van der Waals surface area contributed by atoms with Crippen LogP contribution in [-0.4, -0.2) is 21.1 Å². The Balaban J connectivity index is 1.97. The number of aromatic nitrogens is 3. The Kier molecular flexibility index (Phi) is 3.40. The summed E-state index contributed by atoms with van der Waals surface area (Å²) in [5.74, 6) is -0.236. The Morgan fingerprint density at radius 2 is 2.24 bits per heavy atom. The summed E-state index contributed by atoms with van der Waals surface area (Å²) in [6, 6.07) is 7.94. The van der Waals surface area contributed by atoms with E-state index in [1.54, 1.807) is 0 Å². The highest BCUT2D eigenvalue weighted by Gasteiger charge is 2.07. The number of aryl methyl sites for hydroxylation is 1. The highest BCUT2D eigenvalue weighted by Crippen LogP contribution is 2.03. The number of rotatable bonds is 3. The van der Waals surface area contributed by atoms with Crippen LogP contribution < -0.4 is 5.32 Å². The van der Waals surface area contributed by atoms with Crippen LogP contribution in [0.25, 0.3) is 0 Å². The smallest absolute Gasteiger partial charge is 0.291 e. The van der Waals surface area contributed by atoms with Crippen LogP contribution in [0.15, 0.2) is 36.7 Å². The van der Waals surface area contributed by atoms with E-state index in [0.29, 0.717) is 6.54 Å². The molecule has 5 nitrogen and oxygen atoms in total. The molecule has 1 aromatic heterocycles. The summed E-state index contributed by atoms with van der Waals surface area (Å²) in [5.41, 5.74) is 2.21. The number of hydrogen-bond donors (Lipinski definition) is 1. The van der Waals surface area contributed by atoms with Crippen molar-refractivity contribution in [3.05, 3.63) is 53.6 Å². The Morgan fingerprint density at radius 3 is 2.94 bits per heavy atom. The topological polar surface area (TPSA) is 67.8 Å². The van der Waals surface area contributed by atoms with Crippen molar-refractivity contribution in [2.24, 2.45) is 0 Å². The van der Waals surface area contributed by atoms with Gasteiger partial charge < -0.3 is 5.32 Å². The number of amides is 1. The molecular weight excluding hydrogens is 216 g/mol. The van der Waals surface area contributed by atoms with Crippen molar-refractivity contribution in [3.8, 4) is 0 Å². The molecule has 0 saturated heterocycles. The van der Waals surface area contributed by atoms with Crippen LogP contribution in [0.3, 0.4) is 0 Å². The third-order valence-corrected chi connectivity index (χ3v) is 2.22. The number of carbonyl (C=O) groups excluding carboxylic acids is 1. The van der Waals surface area contributed by atoms with Crippen molar-refractivity contribution in [1.82, 2.24) is 20.5 Å². The lowest BCUT2D eigenvalue weighted by Gasteiger charge is -2.04. The molecule has 0 bridgehead atoms. The summed E-state index contributed by atoms with van der Waals surface area (Å²) in [6.07, 6.45) is 2.87. The minimum atomic E-state index is -0.320. The Morgan fingerprint density at radius 1 is 1.35 bits per heavy atom. The van der Waals surface area contributed by atoms with Gasteiger partial charge in [0.15, 0.2) is 0 Å². The highest BCUT2D eigenvalue weighted by atomic mass is 16.2. The molecule has 2 rings (SSSR count). The molecule has 5 heteroatoms. The molecule has 0 aliphatic heterocycles. The molecule has 1 aromatic carbocycles. The summed E-state index contributed by atoms with van der Waals surface area (Å²) < 4.78 is 0. The maximum absolute atomic E-state index is 11.6. The maximum Gasteiger partial charge on any atom is 0.291 e. The summed E-state index contributed by atoms with van der Waals surface area (Å²) in [4.78, 5) is 15.4. The second kappa shape index (κ2) is 5.16. The zero-order valence-corrected chi connectivity index (χ0v) is 9.42. The molecule has 1 heterocycles. The van der Waals surface area contributed by atoms with Gasteiger partial charge in [0.1, 0.15) is 0 Å². The molecule has 0 fully saturated rings. The monoisotopic (exact) mass is 228 g/mol. The van der Waals surface area contributed by atoms with Gasteiger partial charge in [-0.2, -0.15) is 5.10 Å². The molecule has 0 atom stereocenters. The van der Waals surface area contributed by atoms with Crippen LogP contribution in [0.1, 0.15) is 21.7 Å². The first-order chi connectivity index (χ1) is 8.25. The molecule has 1 N–H and O–H groups in total. The van der Waals surface area contributed by atoms with E-state index in [1.807, 2.05) is 31.2 Å². The fraction of sp³-hybridized carbons (Fsp3) is 0.167. The van der Waals surface area contributed by atoms with E-state index < -0.39 is 0 Å². The predicted octanol–water partition coefficient (Wildman–Crippen LogP) is 1.11. The van der Waals surface area contributed by atoms with Gasteiger partial charge in [0, 0.05) is 12.7 Å². The number of nitrogens with zero attached hydrogens (tertiary/aromatic N) is 3. The third-order valence-electron chi connectivity index (χ3n) is 2.22. The van der Waals surface area contributed by atoms with Gasteiger partial charge in [0.2, 0.25) is 5.82 Å². The number of benzene rings is 1. The van der Waals surface area contributed by atoms with Crippen molar-refractivity contribution in [3.63, 3.8) is 0 Å². The number of hydrogen-bond acceptors (Lipinski definition) is 4. The van der Waals surface area contributed by atoms with Gasteiger partial charge in [-0.3, -0.25) is 4.79 Å². The van der Waals surface area contributed by atoms with E-state index in [-0.39, 0.29) is 11.7 Å². The van der Waals surface area contributed by atoms with E-state index in [0.717, 1.165) is 11.1 Å². The minimum absolute atomic E-state index is 0.0835. The van der Waals surface area contributed by atoms with Gasteiger partial charge in [-0.05, 0) is 12.5 Å². The highest BCUT2D eigenvalue weighted by molar-refractivity contribution is 5.90. The first kappa shape index (κ1) is 11.2. The molecule has 0 aliphatic rings. The summed E-state index contributed by atoms with van der Waals surface area (Å²) in [6.45, 7) is 2.47. The summed E-state index contributed by atoms with van der Waals surface area (Å²) >= 11 is 0. The van der Waals surface area contributed by atoms with Crippen LogP contribution in [0.2, 0.25) is 0 Å². The quantitative estimate of drug-likeness (QED) is 0.854. The predicted molar refractivity (Wildman–Crippen MR) is 62.2 cm³/mol. The van der Waals surface area contributed by atoms with Gasteiger partial charge in [-0.25, -0.2) is 4.98 Å². The third kappa shape index (κ3) is 3.07. The standard InChI is InChI=1S/C12H12N4O/c1-9-3-2-4-10(7-9)8-14-12(17)11-13-5-6-15-16-11/h2-7H,8H2,1H3,(H,14,17). The van der Waals surface area contributed by atoms with Crippen LogP contribution in [0.4, 0.5) is 0 Å². The second-order valence-electron chi connectivity index (χ2n) is 3.64. The average Bonchev–Trinajstić information content (AvgIpc) is 2.37. The van der Waals surface area contributed by atoms with Crippen molar-refractivity contribution < 1.29 is 4.79 Å². The molecular formula is C12H12N4O. The lowest BCUT2D eigenvalue weighted by Crippen LogP contribution is -2.25. The summed E-state index contributed by atoms with van der Waals surface area (Å²) in [7, 11) is 0. The normalized spacial score (nSPS) is 9.94. The van der Waals surface area contributed by atoms with Gasteiger partial charge in [-0.15, -0.1) is 5.10 Å². The van der Waals surface area contributed by atoms with E-state index in [4.69, 9.17) is 0 Å². The lowest BCUT2D eigenvalue weighted by molar-refractivity contribution is 0.0939. The van der Waals surface area contributed by atoms with Crippen molar-refractivity contribution >= 4 is 5.91 Å². The first-order valence-electron chi connectivity index (χ1n) is 5.23. The van der Waals surface area contributed by atoms with Crippen LogP contribution in [0.5, 0.6) is 0 Å². The molecule has 0 unspecified atom stereocenters. The van der Waals surface area contributed by atoms with Crippen LogP contribution in [0, 0.1) is 6.92 Å². The number of carbonyl (C=O) groups is 1. The summed E-state index contributed by atoms with van der Waals surface area (Å²) in [5, 5.41) is 9.98. The van der Waals surface area contributed by atoms with Crippen molar-refractivity contribution in [1.29, 1.82) is 0 Å². The minimum Gasteiger partial charge on any atom is -0.345 e. The van der Waals surface area contributed by atoms with E-state index >= 15 is 0 Å². The SMILES string of the molecule is Cc1cccc(CNC(=O)c2nccnn2)c1. The van der Waals surface area contributed by atoms with Gasteiger partial charge >= 0.3 is 0 Å². The Bertz CT molecular complexity index is 513. The molecule has 0 radical (unpaired) electrons. The average molecular weight is 228 g/mol. The largest absolute Gasteiger partial charge is 0.345 e. The van der Waals surface area contributed by atoms with Gasteiger partial charge in [0.25, 0.3) is 5.91 Å². The molecule has 0 saturated carbocycles. The maximum atomic E-state index is 11.6. The van der Waals surface area contributed by atoms with Crippen LogP contribution >= 0.6 is 0 Å². The van der Waals surface area contributed by atoms with Crippen molar-refractivity contribution in [2.45, 2.75) is 13.5 Å². The number of nitrogens with one attached hydrogen (secondary N) is 1. The fourth-order valence-electron chi connectivity index (χ4n) is 1.44. The molecule has 17 heavy (non-hydrogen) atoms. The Hall–Kier alpha value is -2.30. The zero-order chi connectivity index (χ0) is 12.1. The van der Waals surface area contributed by atoms with Gasteiger partial charge in [0.05, 0.1) is 6.20 Å². The first-order valence-corrected chi connectivity index (χ1v) is 5.23. The molecule has 0 aliphatic carbocycles. The van der Waals surface area contributed by atoms with E-state index in [1.165, 1.54) is 12.4 Å². The second-order valence-corrected chi connectivity index (χ2v) is 3.64. The van der Waals surface area contributed by atoms with Gasteiger partial charge in [-0.1, -0.05) is 29.8 Å². The molecule has 2 aromatic rings.